The molecular formula is C4H11CdO4P. The van der Waals surface area contributed by atoms with Crippen LogP contribution in [0.2, 0.25) is 0 Å². The van der Waals surface area contributed by atoms with Gasteiger partial charge in [0.05, 0.1) is 6.61 Å². The standard InChI is InChI=1S/C4H11O4P.Cd/c1-2-3-4-8-9(5,6)7;/h2-4H2,1H3,(H2,5,6,7);. The number of hydrogen-bond acceptors (Lipinski definition) is 2. The molecule has 0 saturated heterocycles. The van der Waals surface area contributed by atoms with E-state index in [-0.39, 0.29) is 33.9 Å². The smallest absolute Gasteiger partial charge is 0.303 e. The van der Waals surface area contributed by atoms with E-state index in [0.29, 0.717) is 6.42 Å². The normalized spacial score (nSPS) is 10.7. The van der Waals surface area contributed by atoms with Crippen molar-refractivity contribution in [2.75, 3.05) is 6.61 Å². The quantitative estimate of drug-likeness (QED) is 0.451. The molecule has 0 heterocycles. The van der Waals surface area contributed by atoms with Gasteiger partial charge in [0.25, 0.3) is 0 Å². The molecule has 0 amide bonds. The van der Waals surface area contributed by atoms with Crippen LogP contribution in [-0.2, 0) is 36.4 Å². The Bertz CT molecular complexity index is 112. The Morgan fingerprint density at radius 2 is 2.00 bits per heavy atom. The molecule has 0 bridgehead atoms. The fourth-order valence-corrected chi connectivity index (χ4v) is 0.695. The summed E-state index contributed by atoms with van der Waals surface area (Å²) < 4.78 is 14.1. The molecule has 0 rings (SSSR count). The van der Waals surface area contributed by atoms with E-state index in [1.54, 1.807) is 0 Å². The Balaban J connectivity index is 0. The number of hydrogen-bond donors (Lipinski definition) is 2. The predicted molar refractivity (Wildman–Crippen MR) is 32.9 cm³/mol. The van der Waals surface area contributed by atoms with Gasteiger partial charge in [-0.05, 0) is 6.42 Å². The average molecular weight is 267 g/mol. The van der Waals surface area contributed by atoms with Crippen LogP contribution in [0.3, 0.4) is 0 Å². The maximum absolute atomic E-state index is 9.98. The van der Waals surface area contributed by atoms with E-state index in [9.17, 15) is 4.57 Å². The van der Waals surface area contributed by atoms with Crippen molar-refractivity contribution >= 4 is 7.82 Å². The van der Waals surface area contributed by atoms with Crippen molar-refractivity contribution in [1.82, 2.24) is 0 Å². The summed E-state index contributed by atoms with van der Waals surface area (Å²) in [4.78, 5) is 16.3. The first kappa shape index (κ1) is 13.6. The molecule has 0 aliphatic rings. The van der Waals surface area contributed by atoms with E-state index in [2.05, 4.69) is 4.52 Å². The first-order valence-electron chi connectivity index (χ1n) is 2.76. The number of unbranched alkanes of at least 4 members (excludes halogenated alkanes) is 1. The van der Waals surface area contributed by atoms with Crippen molar-refractivity contribution in [1.29, 1.82) is 0 Å². The molecule has 0 aliphatic carbocycles. The molecular weight excluding hydrogens is 255 g/mol. The van der Waals surface area contributed by atoms with Crippen LogP contribution in [0.15, 0.2) is 0 Å². The molecule has 0 aromatic rings. The van der Waals surface area contributed by atoms with E-state index in [1.165, 1.54) is 0 Å². The SMILES string of the molecule is CCCCOP(=O)(O)O.[Cd]. The molecule has 0 atom stereocenters. The van der Waals surface area contributed by atoms with Crippen LogP contribution in [-0.4, -0.2) is 16.4 Å². The molecule has 0 spiro atoms. The van der Waals surface area contributed by atoms with E-state index in [1.807, 2.05) is 6.92 Å². The molecule has 0 fully saturated rings. The summed E-state index contributed by atoms with van der Waals surface area (Å²) in [5.74, 6) is 0. The second-order valence-electron chi connectivity index (χ2n) is 1.68. The number of phosphoric ester groups is 1. The van der Waals surface area contributed by atoms with E-state index in [4.69, 9.17) is 9.79 Å². The zero-order chi connectivity index (χ0) is 7.33. The molecule has 0 unspecified atom stereocenters. The van der Waals surface area contributed by atoms with Crippen LogP contribution in [0.25, 0.3) is 0 Å². The van der Waals surface area contributed by atoms with Crippen molar-refractivity contribution in [2.24, 2.45) is 0 Å². The van der Waals surface area contributed by atoms with Gasteiger partial charge in [-0.3, -0.25) is 4.52 Å². The molecule has 58 valence electrons. The van der Waals surface area contributed by atoms with Gasteiger partial charge < -0.3 is 9.79 Å². The summed E-state index contributed by atoms with van der Waals surface area (Å²) >= 11 is 0. The van der Waals surface area contributed by atoms with Gasteiger partial charge in [0.2, 0.25) is 0 Å². The molecule has 0 radical (unpaired) electrons. The maximum atomic E-state index is 9.98. The van der Waals surface area contributed by atoms with Gasteiger partial charge in [-0.25, -0.2) is 4.57 Å². The molecule has 0 saturated carbocycles. The first-order chi connectivity index (χ1) is 4.06. The minimum Gasteiger partial charge on any atom is -0.303 e. The minimum absolute atomic E-state index is 0. The zero-order valence-electron chi connectivity index (χ0n) is 5.99. The Morgan fingerprint density at radius 1 is 1.50 bits per heavy atom. The van der Waals surface area contributed by atoms with Crippen molar-refractivity contribution in [2.45, 2.75) is 19.8 Å². The van der Waals surface area contributed by atoms with Crippen LogP contribution in [0.4, 0.5) is 0 Å². The number of rotatable bonds is 4. The fraction of sp³-hybridized carbons (Fsp3) is 1.00. The summed E-state index contributed by atoms with van der Waals surface area (Å²) in [6, 6.07) is 0. The topological polar surface area (TPSA) is 66.8 Å². The second-order valence-corrected chi connectivity index (χ2v) is 2.92. The van der Waals surface area contributed by atoms with Crippen LogP contribution in [0, 0.1) is 0 Å². The van der Waals surface area contributed by atoms with Gasteiger partial charge in [-0.1, -0.05) is 13.3 Å². The largest absolute Gasteiger partial charge is 0.469 e. The van der Waals surface area contributed by atoms with Crippen molar-refractivity contribution < 1.29 is 46.2 Å². The Labute approximate surface area is 80.4 Å². The monoisotopic (exact) mass is 268 g/mol. The van der Waals surface area contributed by atoms with Crippen molar-refractivity contribution in [3.05, 3.63) is 0 Å². The van der Waals surface area contributed by atoms with Crippen molar-refractivity contribution in [3.63, 3.8) is 0 Å². The van der Waals surface area contributed by atoms with Gasteiger partial charge in [0.1, 0.15) is 0 Å². The summed E-state index contributed by atoms with van der Waals surface area (Å²) in [5.41, 5.74) is 0. The van der Waals surface area contributed by atoms with E-state index < -0.39 is 7.82 Å². The van der Waals surface area contributed by atoms with Gasteiger partial charge >= 0.3 is 7.82 Å². The van der Waals surface area contributed by atoms with Gasteiger partial charge in [0, 0.05) is 27.3 Å². The molecule has 2 N–H and O–H groups in total. The third-order valence-electron chi connectivity index (χ3n) is 0.757. The molecule has 0 aliphatic heterocycles. The summed E-state index contributed by atoms with van der Waals surface area (Å²) in [6.07, 6.45) is 1.56. The van der Waals surface area contributed by atoms with Crippen molar-refractivity contribution in [3.8, 4) is 0 Å². The van der Waals surface area contributed by atoms with Crippen LogP contribution in [0.5, 0.6) is 0 Å². The van der Waals surface area contributed by atoms with Gasteiger partial charge in [-0.15, -0.1) is 0 Å². The van der Waals surface area contributed by atoms with Crippen LogP contribution in [0.1, 0.15) is 19.8 Å². The predicted octanol–water partition coefficient (Wildman–Crippen LogP) is 0.893. The van der Waals surface area contributed by atoms with E-state index >= 15 is 0 Å². The first-order valence-corrected chi connectivity index (χ1v) is 4.29. The molecule has 0 aromatic heterocycles. The summed E-state index contributed by atoms with van der Waals surface area (Å²) in [6.45, 7) is 2.06. The second kappa shape index (κ2) is 6.72. The van der Waals surface area contributed by atoms with E-state index in [0.717, 1.165) is 6.42 Å². The maximum Gasteiger partial charge on any atom is 0.469 e. The summed E-state index contributed by atoms with van der Waals surface area (Å²) in [7, 11) is -4.20. The molecule has 4 nitrogen and oxygen atoms in total. The Kier molecular flexibility index (Phi) is 9.15. The number of phosphoric acid groups is 1. The van der Waals surface area contributed by atoms with Gasteiger partial charge in [-0.2, -0.15) is 0 Å². The van der Waals surface area contributed by atoms with Crippen LogP contribution >= 0.6 is 7.82 Å². The Morgan fingerprint density at radius 3 is 2.30 bits per heavy atom. The summed E-state index contributed by atoms with van der Waals surface area (Å²) in [5, 5.41) is 0. The molecule has 6 heteroatoms. The zero-order valence-corrected chi connectivity index (χ0v) is 10.9. The van der Waals surface area contributed by atoms with Gasteiger partial charge in [0.15, 0.2) is 0 Å². The fourth-order valence-electron chi connectivity index (χ4n) is 0.328. The molecule has 10 heavy (non-hydrogen) atoms. The average Bonchev–Trinajstić information content (AvgIpc) is 1.63. The Hall–Kier alpha value is 1.03. The minimum atomic E-state index is -4.20. The van der Waals surface area contributed by atoms with Crippen LogP contribution < -0.4 is 0 Å². The third kappa shape index (κ3) is 11.8. The third-order valence-corrected chi connectivity index (χ3v) is 1.28. The molecule has 0 aromatic carbocycles.